The summed E-state index contributed by atoms with van der Waals surface area (Å²) in [5.74, 6) is 0.822. The van der Waals surface area contributed by atoms with Crippen LogP contribution in [-0.4, -0.2) is 141 Å². The second-order valence-electron chi connectivity index (χ2n) is 16.5. The lowest BCUT2D eigenvalue weighted by molar-refractivity contribution is 0.0902. The van der Waals surface area contributed by atoms with Crippen molar-refractivity contribution in [2.45, 2.75) is 95.6 Å². The van der Waals surface area contributed by atoms with Gasteiger partial charge in [-0.3, -0.25) is 4.79 Å². The van der Waals surface area contributed by atoms with Crippen molar-refractivity contribution in [3.63, 3.8) is 0 Å². The number of rotatable bonds is 14. The number of ether oxygens (including phenoxy) is 2. The lowest BCUT2D eigenvalue weighted by Gasteiger charge is -2.33. The Hall–Kier alpha value is -2.99. The third kappa shape index (κ3) is 13.6. The van der Waals surface area contributed by atoms with Crippen molar-refractivity contribution in [1.82, 2.24) is 29.9 Å². The van der Waals surface area contributed by atoms with Gasteiger partial charge < -0.3 is 45.1 Å². The summed E-state index contributed by atoms with van der Waals surface area (Å²) in [4.78, 5) is 27.0. The molecule has 10 nitrogen and oxygen atoms in total. The van der Waals surface area contributed by atoms with Crippen LogP contribution in [0.4, 0.5) is 0 Å². The van der Waals surface area contributed by atoms with Crippen molar-refractivity contribution in [1.29, 1.82) is 0 Å². The van der Waals surface area contributed by atoms with E-state index in [1.54, 1.807) is 7.11 Å². The van der Waals surface area contributed by atoms with Gasteiger partial charge >= 0.3 is 0 Å². The van der Waals surface area contributed by atoms with Crippen molar-refractivity contribution in [3.8, 4) is 16.9 Å². The van der Waals surface area contributed by atoms with E-state index in [0.717, 1.165) is 66.7 Å². The SMILES string of the molecule is COCCCOc1cccc(-c2cccc3[nH]c(C(=O)NC4CCN(CCN5CCCCCC5)CC4)cc23)c1.NC1CCN(CCN2CCCCCC2)CC1. The normalized spacial score (nSPS) is 20.4. The highest BCUT2D eigenvalue weighted by molar-refractivity contribution is 6.03. The first-order valence-corrected chi connectivity index (χ1v) is 21.8. The molecule has 7 rings (SSSR count). The van der Waals surface area contributed by atoms with Gasteiger partial charge in [-0.05, 0) is 126 Å². The number of hydrogen-bond acceptors (Lipinski definition) is 8. The van der Waals surface area contributed by atoms with E-state index in [0.29, 0.717) is 24.9 Å². The molecule has 4 aliphatic rings. The van der Waals surface area contributed by atoms with Crippen LogP contribution in [-0.2, 0) is 4.74 Å². The summed E-state index contributed by atoms with van der Waals surface area (Å²) in [6, 6.07) is 17.0. The highest BCUT2D eigenvalue weighted by atomic mass is 16.5. The number of amides is 1. The Bertz CT molecular complexity index is 1530. The molecule has 2 aromatic carbocycles. The number of H-pyrrole nitrogens is 1. The predicted molar refractivity (Wildman–Crippen MR) is 226 cm³/mol. The summed E-state index contributed by atoms with van der Waals surface area (Å²) in [5.41, 5.74) is 9.66. The molecule has 1 aromatic heterocycles. The molecule has 0 aliphatic carbocycles. The summed E-state index contributed by atoms with van der Waals surface area (Å²) in [7, 11) is 1.70. The van der Waals surface area contributed by atoms with Crippen molar-refractivity contribution >= 4 is 16.8 Å². The molecule has 304 valence electrons. The first-order chi connectivity index (χ1) is 27.0. The Morgan fingerprint density at radius 3 is 1.87 bits per heavy atom. The minimum Gasteiger partial charge on any atom is -0.493 e. The van der Waals surface area contributed by atoms with E-state index < -0.39 is 0 Å². The molecule has 4 N–H and O–H groups in total. The fraction of sp³-hybridized carbons (Fsp3) is 0.667. The number of hydrogen-bond donors (Lipinski definition) is 3. The van der Waals surface area contributed by atoms with E-state index >= 15 is 0 Å². The van der Waals surface area contributed by atoms with E-state index in [-0.39, 0.29) is 11.9 Å². The quantitative estimate of drug-likeness (QED) is 0.158. The molecule has 1 amide bonds. The molecule has 5 heterocycles. The summed E-state index contributed by atoms with van der Waals surface area (Å²) >= 11 is 0. The zero-order valence-corrected chi connectivity index (χ0v) is 34.0. The maximum atomic E-state index is 13.2. The van der Waals surface area contributed by atoms with Crippen molar-refractivity contribution in [3.05, 3.63) is 54.2 Å². The van der Waals surface area contributed by atoms with Crippen molar-refractivity contribution < 1.29 is 14.3 Å². The second-order valence-corrected chi connectivity index (χ2v) is 16.5. The van der Waals surface area contributed by atoms with Crippen molar-refractivity contribution in [2.75, 3.05) is 98.9 Å². The number of likely N-dealkylation sites (tertiary alicyclic amines) is 4. The Morgan fingerprint density at radius 2 is 1.27 bits per heavy atom. The van der Waals surface area contributed by atoms with E-state index in [9.17, 15) is 4.79 Å². The van der Waals surface area contributed by atoms with E-state index in [4.69, 9.17) is 15.2 Å². The van der Waals surface area contributed by atoms with Crippen LogP contribution in [0.5, 0.6) is 5.75 Å². The number of nitrogens with zero attached hydrogens (tertiary/aromatic N) is 4. The molecule has 55 heavy (non-hydrogen) atoms. The first kappa shape index (κ1) is 41.6. The van der Waals surface area contributed by atoms with Gasteiger partial charge in [0.05, 0.1) is 6.61 Å². The van der Waals surface area contributed by atoms with Gasteiger partial charge in [-0.25, -0.2) is 0 Å². The largest absolute Gasteiger partial charge is 0.493 e. The van der Waals surface area contributed by atoms with Crippen molar-refractivity contribution in [2.24, 2.45) is 5.73 Å². The number of nitrogens with one attached hydrogen (secondary N) is 2. The van der Waals surface area contributed by atoms with Gasteiger partial charge in [0.25, 0.3) is 5.91 Å². The van der Waals surface area contributed by atoms with Gasteiger partial charge in [-0.2, -0.15) is 0 Å². The van der Waals surface area contributed by atoms with E-state index in [1.807, 2.05) is 30.3 Å². The molecule has 4 fully saturated rings. The molecule has 0 atom stereocenters. The Morgan fingerprint density at radius 1 is 0.709 bits per heavy atom. The molecular formula is C45H71N7O3. The van der Waals surface area contributed by atoms with Crippen LogP contribution in [0.25, 0.3) is 22.0 Å². The zero-order valence-electron chi connectivity index (χ0n) is 34.0. The van der Waals surface area contributed by atoms with Crippen LogP contribution in [0, 0.1) is 0 Å². The predicted octanol–water partition coefficient (Wildman–Crippen LogP) is 6.61. The number of nitrogens with two attached hydrogens (primary N) is 1. The number of fused-ring (bicyclic) bond motifs is 1. The fourth-order valence-electron chi connectivity index (χ4n) is 8.70. The molecule has 0 spiro atoms. The van der Waals surface area contributed by atoms with Crippen LogP contribution >= 0.6 is 0 Å². The highest BCUT2D eigenvalue weighted by Gasteiger charge is 2.23. The molecular weight excluding hydrogens is 687 g/mol. The van der Waals surface area contributed by atoms with Gasteiger partial charge in [-0.15, -0.1) is 0 Å². The summed E-state index contributed by atoms with van der Waals surface area (Å²) in [6.07, 6.45) is 16.4. The number of aromatic nitrogens is 1. The maximum absolute atomic E-state index is 13.2. The Balaban J connectivity index is 0.000000268. The van der Waals surface area contributed by atoms with Crippen LogP contribution < -0.4 is 15.8 Å². The third-order valence-corrected chi connectivity index (χ3v) is 12.2. The van der Waals surface area contributed by atoms with Crippen LogP contribution in [0.3, 0.4) is 0 Å². The number of carbonyl (C=O) groups excluding carboxylic acids is 1. The van der Waals surface area contributed by atoms with Gasteiger partial charge in [0.1, 0.15) is 11.4 Å². The van der Waals surface area contributed by atoms with E-state index in [2.05, 4.69) is 48.1 Å². The topological polar surface area (TPSA) is 102 Å². The van der Waals surface area contributed by atoms with E-state index in [1.165, 1.54) is 123 Å². The summed E-state index contributed by atoms with van der Waals surface area (Å²) in [6.45, 7) is 15.9. The van der Waals surface area contributed by atoms with Gasteiger partial charge in [0.15, 0.2) is 0 Å². The molecule has 4 aliphatic heterocycles. The molecule has 10 heteroatoms. The van der Waals surface area contributed by atoms with Gasteiger partial charge in [0, 0.05) is 82.4 Å². The number of benzene rings is 2. The second kappa shape index (κ2) is 22.7. The Kier molecular flexibility index (Phi) is 17.2. The van der Waals surface area contributed by atoms with Gasteiger partial charge in [-0.1, -0.05) is 49.9 Å². The summed E-state index contributed by atoms with van der Waals surface area (Å²) in [5, 5.41) is 4.34. The number of carbonyl (C=O) groups is 1. The molecule has 4 saturated heterocycles. The minimum atomic E-state index is -0.0182. The standard InChI is InChI=1S/C32H44N4O3.C13H27N3/c1-38-21-8-22-39-27-10-6-9-25(23-27)28-11-7-12-30-29(28)24-31(34-30)32(37)33-26-13-17-36(18-14-26)20-19-35-15-4-2-3-5-16-35;14-13-5-9-16(10-6-13)12-11-15-7-3-1-2-4-8-15/h6-7,9-12,23-24,26,34H,2-5,8,13-22H2,1H3,(H,33,37);13H,1-12,14H2. The molecule has 0 saturated carbocycles. The molecule has 0 bridgehead atoms. The van der Waals surface area contributed by atoms with Crippen LogP contribution in [0.15, 0.2) is 48.5 Å². The molecule has 3 aromatic rings. The lowest BCUT2D eigenvalue weighted by Crippen LogP contribution is -2.46. The highest BCUT2D eigenvalue weighted by Crippen LogP contribution is 2.31. The van der Waals surface area contributed by atoms with Gasteiger partial charge in [0.2, 0.25) is 0 Å². The maximum Gasteiger partial charge on any atom is 0.267 e. The third-order valence-electron chi connectivity index (χ3n) is 12.2. The number of aromatic amines is 1. The average Bonchev–Trinajstić information content (AvgIpc) is 3.33. The average molecular weight is 758 g/mol. The Labute approximate surface area is 331 Å². The van der Waals surface area contributed by atoms with Crippen LogP contribution in [0.1, 0.15) is 94.0 Å². The number of methoxy groups -OCH3 is 1. The monoisotopic (exact) mass is 758 g/mol. The first-order valence-electron chi connectivity index (χ1n) is 21.8. The molecule has 0 unspecified atom stereocenters. The lowest BCUT2D eigenvalue weighted by atomic mass is 10.0. The number of piperidine rings is 2. The minimum absolute atomic E-state index is 0.0182. The smallest absolute Gasteiger partial charge is 0.267 e. The fourth-order valence-corrected chi connectivity index (χ4v) is 8.70. The molecule has 0 radical (unpaired) electrons. The van der Waals surface area contributed by atoms with Crippen LogP contribution in [0.2, 0.25) is 0 Å². The zero-order chi connectivity index (χ0) is 38.1. The summed E-state index contributed by atoms with van der Waals surface area (Å²) < 4.78 is 11.0.